The van der Waals surface area contributed by atoms with Gasteiger partial charge in [0, 0.05) is 22.6 Å². The minimum Gasteiger partial charge on any atom is -0.457 e. The molecule has 0 amide bonds. The Morgan fingerprint density at radius 3 is 2.44 bits per heavy atom. The maximum atomic E-state index is 12.5. The molecular weight excluding hydrogens is 318 g/mol. The van der Waals surface area contributed by atoms with Crippen molar-refractivity contribution >= 4 is 11.8 Å². The molecule has 128 valence electrons. The molecule has 0 aliphatic heterocycles. The van der Waals surface area contributed by atoms with Crippen LogP contribution in [0.25, 0.3) is 5.69 Å². The van der Waals surface area contributed by atoms with Gasteiger partial charge in [-0.25, -0.2) is 4.79 Å². The zero-order valence-electron chi connectivity index (χ0n) is 14.4. The van der Waals surface area contributed by atoms with Crippen molar-refractivity contribution in [3.05, 3.63) is 77.0 Å². The fourth-order valence-electron chi connectivity index (χ4n) is 2.81. The number of ketones is 1. The summed E-state index contributed by atoms with van der Waals surface area (Å²) in [5.74, 6) is -0.810. The zero-order chi connectivity index (χ0) is 18.0. The molecule has 0 atom stereocenters. The largest absolute Gasteiger partial charge is 0.457 e. The van der Waals surface area contributed by atoms with Crippen LogP contribution in [0.3, 0.4) is 0 Å². The van der Waals surface area contributed by atoms with Crippen molar-refractivity contribution in [3.63, 3.8) is 0 Å². The summed E-state index contributed by atoms with van der Waals surface area (Å²) in [4.78, 5) is 24.2. The van der Waals surface area contributed by atoms with Crippen LogP contribution in [0, 0.1) is 20.8 Å². The topological polar surface area (TPSA) is 61.4 Å². The Hall–Kier alpha value is -3.08. The quantitative estimate of drug-likeness (QED) is 0.521. The van der Waals surface area contributed by atoms with Crippen LogP contribution in [0.2, 0.25) is 0 Å². The monoisotopic (exact) mass is 337 g/mol. The summed E-state index contributed by atoms with van der Waals surface area (Å²) < 4.78 is 12.0. The highest BCUT2D eigenvalue weighted by atomic mass is 16.5. The molecule has 0 aliphatic rings. The maximum absolute atomic E-state index is 12.5. The Kier molecular flexibility index (Phi) is 4.57. The minimum absolute atomic E-state index is 0.0814. The lowest BCUT2D eigenvalue weighted by atomic mass is 10.1. The fraction of sp³-hybridized carbons (Fsp3) is 0.200. The molecule has 0 N–H and O–H groups in total. The summed E-state index contributed by atoms with van der Waals surface area (Å²) in [6.07, 6.45) is 1.38. The molecule has 0 aliphatic carbocycles. The zero-order valence-corrected chi connectivity index (χ0v) is 14.4. The molecule has 0 unspecified atom stereocenters. The lowest BCUT2D eigenvalue weighted by Gasteiger charge is -2.10. The third kappa shape index (κ3) is 3.40. The van der Waals surface area contributed by atoms with Gasteiger partial charge in [0.2, 0.25) is 11.5 Å². The molecular formula is C20H19NO4. The molecule has 5 nitrogen and oxygen atoms in total. The number of hydrogen-bond donors (Lipinski definition) is 0. The van der Waals surface area contributed by atoms with E-state index in [2.05, 4.69) is 0 Å². The van der Waals surface area contributed by atoms with Gasteiger partial charge in [0.25, 0.3) is 0 Å². The van der Waals surface area contributed by atoms with Gasteiger partial charge >= 0.3 is 5.97 Å². The predicted octanol–water partition coefficient (Wildman–Crippen LogP) is 4.04. The summed E-state index contributed by atoms with van der Waals surface area (Å²) in [6, 6.07) is 13.0. The Morgan fingerprint density at radius 2 is 1.80 bits per heavy atom. The third-order valence-electron chi connectivity index (χ3n) is 4.08. The molecule has 25 heavy (non-hydrogen) atoms. The molecule has 0 bridgehead atoms. The van der Waals surface area contributed by atoms with Crippen LogP contribution >= 0.6 is 0 Å². The molecule has 0 saturated heterocycles. The molecule has 0 saturated carbocycles. The van der Waals surface area contributed by atoms with Crippen LogP contribution < -0.4 is 0 Å². The van der Waals surface area contributed by atoms with E-state index < -0.39 is 5.97 Å². The van der Waals surface area contributed by atoms with Crippen LogP contribution in [-0.2, 0) is 4.74 Å². The molecule has 2 aromatic heterocycles. The SMILES string of the molecule is Cc1ccc(-n2c(C)cc(C(=O)COC(=O)c3ccco3)c2C)cc1. The van der Waals surface area contributed by atoms with Gasteiger partial charge in [-0.2, -0.15) is 0 Å². The van der Waals surface area contributed by atoms with Gasteiger partial charge < -0.3 is 13.7 Å². The van der Waals surface area contributed by atoms with E-state index in [-0.39, 0.29) is 18.2 Å². The van der Waals surface area contributed by atoms with E-state index in [0.717, 1.165) is 17.1 Å². The van der Waals surface area contributed by atoms with E-state index in [1.165, 1.54) is 17.9 Å². The Morgan fingerprint density at radius 1 is 1.08 bits per heavy atom. The van der Waals surface area contributed by atoms with Crippen molar-refractivity contribution in [1.29, 1.82) is 0 Å². The highest BCUT2D eigenvalue weighted by Crippen LogP contribution is 2.21. The van der Waals surface area contributed by atoms with Crippen LogP contribution in [0.5, 0.6) is 0 Å². The number of carbonyl (C=O) groups is 2. The van der Waals surface area contributed by atoms with Crippen molar-refractivity contribution in [2.75, 3.05) is 6.61 Å². The van der Waals surface area contributed by atoms with E-state index in [1.807, 2.05) is 55.7 Å². The number of ether oxygens (including phenoxy) is 1. The van der Waals surface area contributed by atoms with Gasteiger partial charge in [0.1, 0.15) is 0 Å². The van der Waals surface area contributed by atoms with Gasteiger partial charge in [-0.05, 0) is 51.1 Å². The molecule has 0 fully saturated rings. The van der Waals surface area contributed by atoms with Crippen LogP contribution in [0.15, 0.2) is 53.1 Å². The van der Waals surface area contributed by atoms with Crippen LogP contribution in [0.1, 0.15) is 37.9 Å². The number of nitrogens with zero attached hydrogens (tertiary/aromatic N) is 1. The number of aromatic nitrogens is 1. The standard InChI is InChI=1S/C20H19NO4/c1-13-6-8-16(9-7-13)21-14(2)11-17(15(21)3)18(22)12-25-20(23)19-5-4-10-24-19/h4-11H,12H2,1-3H3. The third-order valence-corrected chi connectivity index (χ3v) is 4.08. The molecule has 3 aromatic rings. The average molecular weight is 337 g/mol. The molecule has 0 spiro atoms. The van der Waals surface area contributed by atoms with Crippen LogP contribution in [-0.4, -0.2) is 22.9 Å². The second-order valence-electron chi connectivity index (χ2n) is 5.93. The lowest BCUT2D eigenvalue weighted by molar-refractivity contribution is 0.0444. The highest BCUT2D eigenvalue weighted by molar-refractivity contribution is 6.00. The number of aryl methyl sites for hydroxylation is 2. The van der Waals surface area contributed by atoms with Gasteiger partial charge in [-0.3, -0.25) is 4.79 Å². The van der Waals surface area contributed by atoms with Gasteiger partial charge in [-0.15, -0.1) is 0 Å². The summed E-state index contributed by atoms with van der Waals surface area (Å²) in [5.41, 5.74) is 4.48. The van der Waals surface area contributed by atoms with Crippen molar-refractivity contribution in [2.45, 2.75) is 20.8 Å². The van der Waals surface area contributed by atoms with Crippen molar-refractivity contribution in [3.8, 4) is 5.69 Å². The lowest BCUT2D eigenvalue weighted by Crippen LogP contribution is -2.14. The first-order valence-electron chi connectivity index (χ1n) is 7.97. The van der Waals surface area contributed by atoms with Gasteiger partial charge in [0.15, 0.2) is 6.61 Å². The normalized spacial score (nSPS) is 10.7. The van der Waals surface area contributed by atoms with Gasteiger partial charge in [0.05, 0.1) is 6.26 Å². The average Bonchev–Trinajstić information content (AvgIpc) is 3.22. The van der Waals surface area contributed by atoms with Gasteiger partial charge in [-0.1, -0.05) is 17.7 Å². The van der Waals surface area contributed by atoms with E-state index in [1.54, 1.807) is 6.07 Å². The number of carbonyl (C=O) groups excluding carboxylic acids is 2. The first kappa shape index (κ1) is 16.8. The summed E-state index contributed by atoms with van der Waals surface area (Å²) >= 11 is 0. The molecule has 0 radical (unpaired) electrons. The Balaban J connectivity index is 1.78. The molecule has 5 heteroatoms. The van der Waals surface area contributed by atoms with Crippen molar-refractivity contribution < 1.29 is 18.7 Å². The summed E-state index contributed by atoms with van der Waals surface area (Å²) in [7, 11) is 0. The smallest absolute Gasteiger partial charge is 0.374 e. The predicted molar refractivity (Wildman–Crippen MR) is 93.3 cm³/mol. The number of hydrogen-bond acceptors (Lipinski definition) is 4. The second-order valence-corrected chi connectivity index (χ2v) is 5.93. The number of furan rings is 1. The highest BCUT2D eigenvalue weighted by Gasteiger charge is 2.19. The first-order chi connectivity index (χ1) is 12.0. The number of benzene rings is 1. The maximum Gasteiger partial charge on any atom is 0.374 e. The van der Waals surface area contributed by atoms with Crippen molar-refractivity contribution in [2.24, 2.45) is 0 Å². The summed E-state index contributed by atoms with van der Waals surface area (Å²) in [6.45, 7) is 5.53. The molecule has 2 heterocycles. The van der Waals surface area contributed by atoms with E-state index in [4.69, 9.17) is 9.15 Å². The summed E-state index contributed by atoms with van der Waals surface area (Å²) in [5, 5.41) is 0. The fourth-order valence-corrected chi connectivity index (χ4v) is 2.81. The second kappa shape index (κ2) is 6.81. The van der Waals surface area contributed by atoms with E-state index in [9.17, 15) is 9.59 Å². The minimum atomic E-state index is -0.648. The van der Waals surface area contributed by atoms with E-state index >= 15 is 0 Å². The first-order valence-corrected chi connectivity index (χ1v) is 7.97. The Bertz CT molecular complexity index is 902. The van der Waals surface area contributed by atoms with Crippen molar-refractivity contribution in [1.82, 2.24) is 4.57 Å². The number of esters is 1. The van der Waals surface area contributed by atoms with E-state index in [0.29, 0.717) is 5.56 Å². The molecule has 3 rings (SSSR count). The Labute approximate surface area is 145 Å². The number of Topliss-reactive ketones (excluding diaryl/α,β-unsaturated/α-hetero) is 1. The number of rotatable bonds is 5. The molecule has 1 aromatic carbocycles. The van der Waals surface area contributed by atoms with Crippen LogP contribution in [0.4, 0.5) is 0 Å².